The molecule has 4 aromatic rings. The van der Waals surface area contributed by atoms with Crippen molar-refractivity contribution in [2.24, 2.45) is 0 Å². The third-order valence-electron chi connectivity index (χ3n) is 4.36. The first kappa shape index (κ1) is 16.0. The van der Waals surface area contributed by atoms with E-state index < -0.39 is 0 Å². The molecule has 5 rings (SSSR count). The van der Waals surface area contributed by atoms with Gasteiger partial charge < -0.3 is 9.47 Å². The Bertz CT molecular complexity index is 1150. The summed E-state index contributed by atoms with van der Waals surface area (Å²) in [6.45, 7) is 1.50. The van der Waals surface area contributed by atoms with E-state index in [4.69, 9.17) is 0 Å². The van der Waals surface area contributed by atoms with E-state index in [0.717, 1.165) is 15.9 Å². The predicted molar refractivity (Wildman–Crippen MR) is 96.5 cm³/mol. The summed E-state index contributed by atoms with van der Waals surface area (Å²) >= 11 is 3.35. The smallest absolute Gasteiger partial charge is 0.274 e. The second-order valence-electron chi connectivity index (χ2n) is 6.05. The Kier molecular flexibility index (Phi) is 3.67. The largest absolute Gasteiger partial charge is 0.328 e. The molecule has 0 radical (unpaired) electrons. The molecule has 0 N–H and O–H groups in total. The topological polar surface area (TPSA) is 107 Å². The van der Waals surface area contributed by atoms with Crippen molar-refractivity contribution in [1.29, 1.82) is 0 Å². The minimum absolute atomic E-state index is 0.157. The second kappa shape index (κ2) is 6.20. The Morgan fingerprint density at radius 2 is 1.96 bits per heavy atom. The first-order valence-electron chi connectivity index (χ1n) is 8.17. The number of amides is 1. The van der Waals surface area contributed by atoms with Crippen LogP contribution in [0.5, 0.6) is 0 Å². The molecule has 0 aliphatic carbocycles. The van der Waals surface area contributed by atoms with Crippen molar-refractivity contribution >= 4 is 27.5 Å². The molecular formula is C16H12BrN9O. The van der Waals surface area contributed by atoms with Crippen LogP contribution in [0.4, 0.5) is 0 Å². The van der Waals surface area contributed by atoms with Gasteiger partial charge in [0.15, 0.2) is 23.0 Å². The lowest BCUT2D eigenvalue weighted by Gasteiger charge is -2.27. The van der Waals surface area contributed by atoms with Gasteiger partial charge in [-0.15, -0.1) is 10.2 Å². The number of nitrogens with zero attached hydrogens (tertiary/aromatic N) is 9. The summed E-state index contributed by atoms with van der Waals surface area (Å²) in [5.74, 6) is 1.27. The number of rotatable bonds is 2. The van der Waals surface area contributed by atoms with Gasteiger partial charge in [-0.1, -0.05) is 0 Å². The van der Waals surface area contributed by atoms with Gasteiger partial charge in [0.2, 0.25) is 0 Å². The fraction of sp³-hybridized carbons (Fsp3) is 0.188. The van der Waals surface area contributed by atoms with Crippen molar-refractivity contribution in [2.75, 3.05) is 6.54 Å². The summed E-state index contributed by atoms with van der Waals surface area (Å²) in [5, 5.41) is 12.8. The number of hydrogen-bond acceptors (Lipinski definition) is 7. The zero-order valence-electron chi connectivity index (χ0n) is 13.9. The molecule has 4 aromatic heterocycles. The van der Waals surface area contributed by atoms with Crippen LogP contribution in [-0.4, -0.2) is 56.7 Å². The molecule has 0 bridgehead atoms. The molecule has 11 heteroatoms. The Balaban J connectivity index is 1.42. The average Bonchev–Trinajstić information content (AvgIpc) is 3.31. The molecule has 10 nitrogen and oxygen atoms in total. The van der Waals surface area contributed by atoms with Crippen molar-refractivity contribution < 1.29 is 4.79 Å². The standard InChI is InChI=1S/C16H12BrN9O/c17-11-6-20-13-3-12(23-26(13)7-11)16(27)24-1-2-25-14(8-24)21-22-15(25)10-4-18-9-19-5-10/h3-7,9H,1-2,8H2. The number of aromatic nitrogens is 8. The van der Waals surface area contributed by atoms with Crippen molar-refractivity contribution in [3.63, 3.8) is 0 Å². The fourth-order valence-corrected chi connectivity index (χ4v) is 3.38. The lowest BCUT2D eigenvalue weighted by Crippen LogP contribution is -2.38. The molecule has 0 saturated carbocycles. The molecule has 5 heterocycles. The highest BCUT2D eigenvalue weighted by atomic mass is 79.9. The number of carbonyl (C=O) groups excluding carboxylic acids is 1. The Morgan fingerprint density at radius 3 is 2.81 bits per heavy atom. The predicted octanol–water partition coefficient (Wildman–Crippen LogP) is 1.20. The number of hydrogen-bond donors (Lipinski definition) is 0. The van der Waals surface area contributed by atoms with Gasteiger partial charge in [-0.25, -0.2) is 19.5 Å². The van der Waals surface area contributed by atoms with Crippen molar-refractivity contribution in [3.8, 4) is 11.4 Å². The molecule has 0 atom stereocenters. The van der Waals surface area contributed by atoms with Gasteiger partial charge in [-0.3, -0.25) is 4.79 Å². The first-order chi connectivity index (χ1) is 13.2. The Morgan fingerprint density at radius 1 is 1.11 bits per heavy atom. The monoisotopic (exact) mass is 425 g/mol. The second-order valence-corrected chi connectivity index (χ2v) is 6.97. The summed E-state index contributed by atoms with van der Waals surface area (Å²) in [6.07, 6.45) is 8.30. The SMILES string of the molecule is O=C(c1cc2ncc(Br)cn2n1)N1CCn2c(nnc2-c2cncnc2)C1. The summed E-state index contributed by atoms with van der Waals surface area (Å²) in [5.41, 5.74) is 1.77. The van der Waals surface area contributed by atoms with Crippen molar-refractivity contribution in [1.82, 2.24) is 44.2 Å². The van der Waals surface area contributed by atoms with Gasteiger partial charge in [-0.05, 0) is 15.9 Å². The number of carbonyl (C=O) groups is 1. The average molecular weight is 426 g/mol. The van der Waals surface area contributed by atoms with Crippen LogP contribution in [0.3, 0.4) is 0 Å². The molecule has 27 heavy (non-hydrogen) atoms. The molecule has 0 fully saturated rings. The van der Waals surface area contributed by atoms with E-state index in [0.29, 0.717) is 36.8 Å². The van der Waals surface area contributed by atoms with Crippen LogP contribution in [0.1, 0.15) is 16.3 Å². The van der Waals surface area contributed by atoms with E-state index in [-0.39, 0.29) is 5.91 Å². The summed E-state index contributed by atoms with van der Waals surface area (Å²) in [7, 11) is 0. The van der Waals surface area contributed by atoms with Gasteiger partial charge >= 0.3 is 0 Å². The summed E-state index contributed by atoms with van der Waals surface area (Å²) < 4.78 is 4.36. The van der Waals surface area contributed by atoms with E-state index >= 15 is 0 Å². The molecule has 0 saturated heterocycles. The van der Waals surface area contributed by atoms with Crippen LogP contribution in [0.25, 0.3) is 17.0 Å². The zero-order chi connectivity index (χ0) is 18.4. The maximum absolute atomic E-state index is 12.9. The van der Waals surface area contributed by atoms with Crippen LogP contribution < -0.4 is 0 Å². The molecule has 0 aromatic carbocycles. The van der Waals surface area contributed by atoms with Gasteiger partial charge in [0, 0.05) is 43.9 Å². The van der Waals surface area contributed by atoms with Crippen molar-refractivity contribution in [3.05, 3.63) is 53.2 Å². The van der Waals surface area contributed by atoms with Crippen LogP contribution in [0.15, 0.2) is 41.7 Å². The van der Waals surface area contributed by atoms with Gasteiger partial charge in [0.1, 0.15) is 6.33 Å². The molecule has 0 unspecified atom stereocenters. The highest BCUT2D eigenvalue weighted by Crippen LogP contribution is 2.21. The third kappa shape index (κ3) is 2.76. The quantitative estimate of drug-likeness (QED) is 0.474. The van der Waals surface area contributed by atoms with Gasteiger partial charge in [0.25, 0.3) is 5.91 Å². The van der Waals surface area contributed by atoms with E-state index in [2.05, 4.69) is 46.2 Å². The van der Waals surface area contributed by atoms with Gasteiger partial charge in [-0.2, -0.15) is 5.10 Å². The molecule has 1 aliphatic heterocycles. The minimum atomic E-state index is -0.157. The Hall–Kier alpha value is -3.21. The van der Waals surface area contributed by atoms with Crippen LogP contribution >= 0.6 is 15.9 Å². The van der Waals surface area contributed by atoms with E-state index in [1.807, 2.05) is 4.57 Å². The van der Waals surface area contributed by atoms with Crippen LogP contribution in [-0.2, 0) is 13.1 Å². The molecule has 134 valence electrons. The normalized spacial score (nSPS) is 13.7. The van der Waals surface area contributed by atoms with E-state index in [1.165, 1.54) is 6.33 Å². The lowest BCUT2D eigenvalue weighted by atomic mass is 10.2. The highest BCUT2D eigenvalue weighted by Gasteiger charge is 2.27. The van der Waals surface area contributed by atoms with Crippen LogP contribution in [0.2, 0.25) is 0 Å². The Labute approximate surface area is 161 Å². The first-order valence-corrected chi connectivity index (χ1v) is 8.96. The molecular weight excluding hydrogens is 414 g/mol. The molecule has 0 spiro atoms. The van der Waals surface area contributed by atoms with E-state index in [1.54, 1.807) is 40.3 Å². The maximum Gasteiger partial charge on any atom is 0.274 e. The van der Waals surface area contributed by atoms with E-state index in [9.17, 15) is 4.79 Å². The van der Waals surface area contributed by atoms with Crippen LogP contribution in [0, 0.1) is 0 Å². The summed E-state index contributed by atoms with van der Waals surface area (Å²) in [4.78, 5) is 26.9. The number of fused-ring (bicyclic) bond motifs is 2. The molecule has 1 amide bonds. The minimum Gasteiger partial charge on any atom is -0.328 e. The number of halogens is 1. The maximum atomic E-state index is 12.9. The molecule has 1 aliphatic rings. The fourth-order valence-electron chi connectivity index (χ4n) is 3.08. The zero-order valence-corrected chi connectivity index (χ0v) is 15.5. The van der Waals surface area contributed by atoms with Gasteiger partial charge in [0.05, 0.1) is 16.6 Å². The van der Waals surface area contributed by atoms with Crippen molar-refractivity contribution in [2.45, 2.75) is 13.1 Å². The third-order valence-corrected chi connectivity index (χ3v) is 4.77. The summed E-state index contributed by atoms with van der Waals surface area (Å²) in [6, 6.07) is 1.68. The highest BCUT2D eigenvalue weighted by molar-refractivity contribution is 9.10. The lowest BCUT2D eigenvalue weighted by molar-refractivity contribution is 0.0701.